The Bertz CT molecular complexity index is 963. The van der Waals surface area contributed by atoms with E-state index in [0.29, 0.717) is 40.4 Å². The van der Waals surface area contributed by atoms with Crippen LogP contribution in [-0.4, -0.2) is 33.9 Å². The average Bonchev–Trinajstić information content (AvgIpc) is 3.05. The van der Waals surface area contributed by atoms with Crippen molar-refractivity contribution in [1.29, 1.82) is 0 Å². The minimum absolute atomic E-state index is 0.319. The number of hydrogen-bond donors (Lipinski definition) is 2. The third-order valence-corrected chi connectivity index (χ3v) is 4.24. The van der Waals surface area contributed by atoms with Crippen LogP contribution >= 0.6 is 0 Å². The molecule has 0 radical (unpaired) electrons. The number of nitrogens with zero attached hydrogens (tertiary/aromatic N) is 2. The van der Waals surface area contributed by atoms with E-state index in [-0.39, 0.29) is 5.91 Å². The van der Waals surface area contributed by atoms with Crippen LogP contribution < -0.4 is 5.32 Å². The Morgan fingerprint density at radius 1 is 1.15 bits per heavy atom. The van der Waals surface area contributed by atoms with E-state index in [0.717, 1.165) is 5.56 Å². The van der Waals surface area contributed by atoms with Gasteiger partial charge in [0.25, 0.3) is 5.91 Å². The van der Waals surface area contributed by atoms with Crippen molar-refractivity contribution in [3.8, 4) is 11.4 Å². The number of carbonyl (C=O) groups excluding carboxylic acids is 2. The number of hydrogen-bond acceptors (Lipinski definition) is 5. The summed E-state index contributed by atoms with van der Waals surface area (Å²) in [5, 5.41) is 2.75. The lowest BCUT2D eigenvalue weighted by atomic mass is 10.1. The molecule has 3 rings (SSSR count). The van der Waals surface area contributed by atoms with Crippen LogP contribution in [0.4, 0.5) is 5.69 Å². The number of aryl methyl sites for hydroxylation is 1. The van der Waals surface area contributed by atoms with E-state index in [1.165, 1.54) is 7.11 Å². The smallest absolute Gasteiger partial charge is 0.339 e. The van der Waals surface area contributed by atoms with Gasteiger partial charge < -0.3 is 15.0 Å². The molecule has 0 atom stereocenters. The van der Waals surface area contributed by atoms with E-state index >= 15 is 0 Å². The van der Waals surface area contributed by atoms with Crippen molar-refractivity contribution in [2.45, 2.75) is 20.3 Å². The quantitative estimate of drug-likeness (QED) is 0.677. The molecule has 2 N–H and O–H groups in total. The second-order valence-electron chi connectivity index (χ2n) is 5.94. The van der Waals surface area contributed by atoms with E-state index in [2.05, 4.69) is 20.3 Å². The van der Waals surface area contributed by atoms with Gasteiger partial charge >= 0.3 is 5.97 Å². The van der Waals surface area contributed by atoms with Crippen molar-refractivity contribution in [2.24, 2.45) is 0 Å². The highest BCUT2D eigenvalue weighted by molar-refractivity contribution is 6.06. The van der Waals surface area contributed by atoms with Crippen LogP contribution in [0.1, 0.15) is 39.0 Å². The number of amides is 1. The van der Waals surface area contributed by atoms with Crippen LogP contribution in [0, 0.1) is 6.92 Å². The van der Waals surface area contributed by atoms with Gasteiger partial charge in [-0.1, -0.05) is 37.3 Å². The van der Waals surface area contributed by atoms with Crippen molar-refractivity contribution < 1.29 is 14.3 Å². The molecule has 3 aromatic rings. The highest BCUT2D eigenvalue weighted by Crippen LogP contribution is 2.21. The summed E-state index contributed by atoms with van der Waals surface area (Å²) in [5.41, 5.74) is 3.30. The van der Waals surface area contributed by atoms with Crippen molar-refractivity contribution in [3.63, 3.8) is 0 Å². The largest absolute Gasteiger partial charge is 0.465 e. The molecule has 0 aliphatic heterocycles. The number of carbonyl (C=O) groups is 2. The lowest BCUT2D eigenvalue weighted by Crippen LogP contribution is -2.14. The molecule has 0 bridgehead atoms. The van der Waals surface area contributed by atoms with Gasteiger partial charge in [0.15, 0.2) is 5.82 Å². The summed E-state index contributed by atoms with van der Waals surface area (Å²) in [6.07, 6.45) is 3.67. The summed E-state index contributed by atoms with van der Waals surface area (Å²) < 4.78 is 4.82. The van der Waals surface area contributed by atoms with Crippen LogP contribution in [0.2, 0.25) is 0 Å². The fraction of sp³-hybridized carbons (Fsp3) is 0.200. The van der Waals surface area contributed by atoms with E-state index in [4.69, 9.17) is 4.74 Å². The van der Waals surface area contributed by atoms with E-state index < -0.39 is 5.97 Å². The number of nitrogens with one attached hydrogen (secondary N) is 2. The summed E-state index contributed by atoms with van der Waals surface area (Å²) >= 11 is 0. The summed E-state index contributed by atoms with van der Waals surface area (Å²) in [7, 11) is 1.32. The first-order valence-electron chi connectivity index (χ1n) is 8.53. The predicted molar refractivity (Wildman–Crippen MR) is 102 cm³/mol. The number of aromatic nitrogens is 3. The molecular formula is C20H20N4O3. The Hall–Kier alpha value is -3.48. The number of rotatable bonds is 5. The first-order valence-corrected chi connectivity index (χ1v) is 8.53. The van der Waals surface area contributed by atoms with Crippen molar-refractivity contribution in [3.05, 3.63) is 65.2 Å². The Morgan fingerprint density at radius 3 is 2.41 bits per heavy atom. The van der Waals surface area contributed by atoms with E-state index in [9.17, 15) is 9.59 Å². The molecule has 0 spiro atoms. The minimum Gasteiger partial charge on any atom is -0.465 e. The highest BCUT2D eigenvalue weighted by atomic mass is 16.5. The molecule has 0 unspecified atom stereocenters. The van der Waals surface area contributed by atoms with E-state index in [1.54, 1.807) is 19.3 Å². The van der Waals surface area contributed by atoms with Gasteiger partial charge in [0.1, 0.15) is 5.69 Å². The Labute approximate surface area is 156 Å². The maximum atomic E-state index is 12.6. The third kappa shape index (κ3) is 3.72. The SMILES string of the molecule is CCc1[nH]c(C(=O)Nc2cnc(-c3ccccc3)nc2)c(C)c1C(=O)OC. The second-order valence-corrected chi connectivity index (χ2v) is 5.94. The van der Waals surface area contributed by atoms with Crippen LogP contribution in [0.3, 0.4) is 0 Å². The number of aromatic amines is 1. The standard InChI is InChI=1S/C20H20N4O3/c1-4-15-16(20(26)27-3)12(2)17(24-15)19(25)23-14-10-21-18(22-11-14)13-8-6-5-7-9-13/h5-11,24H,4H2,1-3H3,(H,23,25). The minimum atomic E-state index is -0.463. The first kappa shape index (κ1) is 18.3. The summed E-state index contributed by atoms with van der Waals surface area (Å²) in [6, 6.07) is 9.57. The lowest BCUT2D eigenvalue weighted by Gasteiger charge is -2.05. The molecule has 0 saturated heterocycles. The van der Waals surface area contributed by atoms with Gasteiger partial charge in [-0.15, -0.1) is 0 Å². The third-order valence-electron chi connectivity index (χ3n) is 4.24. The number of H-pyrrole nitrogens is 1. The fourth-order valence-electron chi connectivity index (χ4n) is 2.85. The molecule has 2 aromatic heterocycles. The van der Waals surface area contributed by atoms with Crippen LogP contribution in [-0.2, 0) is 11.2 Å². The van der Waals surface area contributed by atoms with Gasteiger partial charge in [-0.2, -0.15) is 0 Å². The number of anilines is 1. The van der Waals surface area contributed by atoms with Crippen molar-refractivity contribution >= 4 is 17.6 Å². The Balaban J connectivity index is 1.82. The topological polar surface area (TPSA) is 97.0 Å². The lowest BCUT2D eigenvalue weighted by molar-refractivity contribution is 0.0599. The molecule has 7 heteroatoms. The maximum absolute atomic E-state index is 12.6. The molecule has 0 saturated carbocycles. The number of benzene rings is 1. The second kappa shape index (κ2) is 7.82. The number of methoxy groups -OCH3 is 1. The molecule has 1 amide bonds. The predicted octanol–water partition coefficient (Wildman–Crippen LogP) is 3.38. The molecule has 27 heavy (non-hydrogen) atoms. The van der Waals surface area contributed by atoms with Gasteiger partial charge in [-0.05, 0) is 18.9 Å². The average molecular weight is 364 g/mol. The zero-order chi connectivity index (χ0) is 19.4. The normalized spacial score (nSPS) is 10.5. The molecule has 0 aliphatic carbocycles. The Morgan fingerprint density at radius 2 is 1.81 bits per heavy atom. The molecular weight excluding hydrogens is 344 g/mol. The zero-order valence-corrected chi connectivity index (χ0v) is 15.4. The van der Waals surface area contributed by atoms with Crippen molar-refractivity contribution in [1.82, 2.24) is 15.0 Å². The fourth-order valence-corrected chi connectivity index (χ4v) is 2.85. The Kier molecular flexibility index (Phi) is 5.30. The van der Waals surface area contributed by atoms with Gasteiger partial charge in [0.05, 0.1) is 30.8 Å². The van der Waals surface area contributed by atoms with Gasteiger partial charge in [-0.3, -0.25) is 4.79 Å². The van der Waals surface area contributed by atoms with Crippen LogP contribution in [0.25, 0.3) is 11.4 Å². The maximum Gasteiger partial charge on any atom is 0.339 e. The van der Waals surface area contributed by atoms with Crippen molar-refractivity contribution in [2.75, 3.05) is 12.4 Å². The molecule has 1 aromatic carbocycles. The van der Waals surface area contributed by atoms with Gasteiger partial charge in [0.2, 0.25) is 0 Å². The highest BCUT2D eigenvalue weighted by Gasteiger charge is 2.23. The van der Waals surface area contributed by atoms with Gasteiger partial charge in [0, 0.05) is 11.3 Å². The summed E-state index contributed by atoms with van der Waals surface area (Å²) in [4.78, 5) is 36.2. The van der Waals surface area contributed by atoms with Crippen LogP contribution in [0.15, 0.2) is 42.7 Å². The number of ether oxygens (including phenoxy) is 1. The summed E-state index contributed by atoms with van der Waals surface area (Å²) in [6.45, 7) is 3.61. The zero-order valence-electron chi connectivity index (χ0n) is 15.4. The molecule has 2 heterocycles. The number of esters is 1. The first-order chi connectivity index (χ1) is 13.0. The monoisotopic (exact) mass is 364 g/mol. The van der Waals surface area contributed by atoms with Gasteiger partial charge in [-0.25, -0.2) is 14.8 Å². The summed E-state index contributed by atoms with van der Waals surface area (Å²) in [5.74, 6) is -0.255. The molecule has 138 valence electrons. The molecule has 0 fully saturated rings. The van der Waals surface area contributed by atoms with E-state index in [1.807, 2.05) is 37.3 Å². The van der Waals surface area contributed by atoms with Crippen LogP contribution in [0.5, 0.6) is 0 Å². The molecule has 0 aliphatic rings. The molecule has 7 nitrogen and oxygen atoms in total.